The van der Waals surface area contributed by atoms with Gasteiger partial charge in [-0.3, -0.25) is 9.59 Å². The molecule has 0 aliphatic carbocycles. The number of nitriles is 1. The van der Waals surface area contributed by atoms with Crippen LogP contribution in [-0.4, -0.2) is 41.6 Å². The van der Waals surface area contributed by atoms with Gasteiger partial charge >= 0.3 is 5.97 Å². The van der Waals surface area contributed by atoms with Crippen molar-refractivity contribution in [2.45, 2.75) is 17.9 Å². The van der Waals surface area contributed by atoms with Gasteiger partial charge in [0.25, 0.3) is 5.91 Å². The van der Waals surface area contributed by atoms with Crippen LogP contribution >= 0.6 is 11.8 Å². The minimum atomic E-state index is -0.610. The van der Waals surface area contributed by atoms with Gasteiger partial charge in [-0.1, -0.05) is 42.5 Å². The number of hydrogen-bond acceptors (Lipinski definition) is 6. The summed E-state index contributed by atoms with van der Waals surface area (Å²) >= 11 is 1.19. The van der Waals surface area contributed by atoms with Crippen LogP contribution in [0.15, 0.2) is 77.7 Å². The third-order valence-corrected chi connectivity index (χ3v) is 6.62. The SMILES string of the molecule is N#Cc1cccc(NC(=O)CSc2ccccc2C(=O)OCC(=O)N2CCc3ccccc3C2)c1. The summed E-state index contributed by atoms with van der Waals surface area (Å²) in [5.74, 6) is -1.06. The molecule has 1 heterocycles. The van der Waals surface area contributed by atoms with Crippen molar-refractivity contribution in [1.82, 2.24) is 4.90 Å². The molecule has 1 N–H and O–H groups in total. The maximum Gasteiger partial charge on any atom is 0.339 e. The summed E-state index contributed by atoms with van der Waals surface area (Å²) in [5.41, 5.74) is 3.63. The predicted molar refractivity (Wildman–Crippen MR) is 133 cm³/mol. The first kappa shape index (κ1) is 24.0. The fourth-order valence-corrected chi connectivity index (χ4v) is 4.61. The molecular formula is C27H23N3O4S. The van der Waals surface area contributed by atoms with Crippen LogP contribution in [0.2, 0.25) is 0 Å². The summed E-state index contributed by atoms with van der Waals surface area (Å²) in [4.78, 5) is 40.0. The van der Waals surface area contributed by atoms with Crippen LogP contribution in [0.3, 0.4) is 0 Å². The molecule has 0 atom stereocenters. The Morgan fingerprint density at radius 2 is 1.77 bits per heavy atom. The van der Waals surface area contributed by atoms with E-state index in [1.165, 1.54) is 17.3 Å². The van der Waals surface area contributed by atoms with Gasteiger partial charge in [-0.25, -0.2) is 4.79 Å². The Morgan fingerprint density at radius 3 is 2.60 bits per heavy atom. The predicted octanol–water partition coefficient (Wildman–Crippen LogP) is 4.03. The topological polar surface area (TPSA) is 99.5 Å². The third-order valence-electron chi connectivity index (χ3n) is 5.55. The van der Waals surface area contributed by atoms with E-state index in [-0.39, 0.29) is 24.2 Å². The Morgan fingerprint density at radius 1 is 1.00 bits per heavy atom. The summed E-state index contributed by atoms with van der Waals surface area (Å²) in [6.07, 6.45) is 0.776. The second-order valence-electron chi connectivity index (χ2n) is 7.94. The molecule has 3 aromatic carbocycles. The average Bonchev–Trinajstić information content (AvgIpc) is 2.90. The van der Waals surface area contributed by atoms with Crippen LogP contribution in [0.1, 0.15) is 27.0 Å². The molecular weight excluding hydrogens is 462 g/mol. The van der Waals surface area contributed by atoms with Gasteiger partial charge in [0.05, 0.1) is 22.9 Å². The first-order valence-electron chi connectivity index (χ1n) is 11.1. The number of amides is 2. The lowest BCUT2D eigenvalue weighted by atomic mass is 10.00. The largest absolute Gasteiger partial charge is 0.452 e. The van der Waals surface area contributed by atoms with Gasteiger partial charge in [0.2, 0.25) is 5.91 Å². The van der Waals surface area contributed by atoms with Crippen molar-refractivity contribution in [3.63, 3.8) is 0 Å². The van der Waals surface area contributed by atoms with Crippen LogP contribution in [0.4, 0.5) is 5.69 Å². The molecule has 0 radical (unpaired) electrons. The van der Waals surface area contributed by atoms with Gasteiger partial charge in [-0.2, -0.15) is 5.26 Å². The molecule has 1 aliphatic rings. The molecule has 0 spiro atoms. The highest BCUT2D eigenvalue weighted by Gasteiger charge is 2.22. The van der Waals surface area contributed by atoms with E-state index < -0.39 is 5.97 Å². The second-order valence-corrected chi connectivity index (χ2v) is 8.95. The molecule has 1 aliphatic heterocycles. The van der Waals surface area contributed by atoms with Crippen molar-refractivity contribution in [2.24, 2.45) is 0 Å². The van der Waals surface area contributed by atoms with E-state index in [1.807, 2.05) is 24.3 Å². The summed E-state index contributed by atoms with van der Waals surface area (Å²) < 4.78 is 5.33. The normalized spacial score (nSPS) is 12.3. The number of benzene rings is 3. The number of esters is 1. The fraction of sp³-hybridized carbons (Fsp3) is 0.185. The van der Waals surface area contributed by atoms with Crippen LogP contribution in [0, 0.1) is 11.3 Å². The highest BCUT2D eigenvalue weighted by molar-refractivity contribution is 8.00. The zero-order valence-electron chi connectivity index (χ0n) is 18.9. The van der Waals surface area contributed by atoms with Crippen LogP contribution < -0.4 is 5.32 Å². The van der Waals surface area contributed by atoms with E-state index in [2.05, 4.69) is 11.4 Å². The van der Waals surface area contributed by atoms with Crippen LogP contribution in [-0.2, 0) is 27.3 Å². The van der Waals surface area contributed by atoms with Crippen molar-refractivity contribution in [2.75, 3.05) is 24.2 Å². The van der Waals surface area contributed by atoms with E-state index in [0.717, 1.165) is 12.0 Å². The molecule has 0 fully saturated rings. The Labute approximate surface area is 207 Å². The molecule has 2 amide bonds. The Kier molecular flexibility index (Phi) is 7.81. The first-order valence-corrected chi connectivity index (χ1v) is 12.1. The smallest absolute Gasteiger partial charge is 0.339 e. The highest BCUT2D eigenvalue weighted by atomic mass is 32.2. The number of anilines is 1. The summed E-state index contributed by atoms with van der Waals surface area (Å²) in [6.45, 7) is 0.757. The molecule has 0 bridgehead atoms. The van der Waals surface area contributed by atoms with E-state index in [4.69, 9.17) is 10.00 Å². The van der Waals surface area contributed by atoms with Gasteiger partial charge < -0.3 is 15.0 Å². The number of nitrogens with one attached hydrogen (secondary N) is 1. The molecule has 8 heteroatoms. The van der Waals surface area contributed by atoms with Gasteiger partial charge in [0, 0.05) is 23.7 Å². The van der Waals surface area contributed by atoms with Crippen molar-refractivity contribution in [3.8, 4) is 6.07 Å². The van der Waals surface area contributed by atoms with Gasteiger partial charge in [-0.05, 0) is 47.9 Å². The number of carbonyl (C=O) groups is 3. The molecule has 7 nitrogen and oxygen atoms in total. The van der Waals surface area contributed by atoms with Crippen molar-refractivity contribution in [1.29, 1.82) is 5.26 Å². The summed E-state index contributed by atoms with van der Waals surface area (Å²) in [7, 11) is 0. The number of fused-ring (bicyclic) bond motifs is 1. The molecule has 0 aromatic heterocycles. The molecule has 0 unspecified atom stereocenters. The number of carbonyl (C=O) groups excluding carboxylic acids is 3. The number of thioether (sulfide) groups is 1. The molecule has 0 saturated heterocycles. The lowest BCUT2D eigenvalue weighted by molar-refractivity contribution is -0.135. The zero-order valence-corrected chi connectivity index (χ0v) is 19.7. The maximum atomic E-state index is 12.7. The minimum Gasteiger partial charge on any atom is -0.452 e. The highest BCUT2D eigenvalue weighted by Crippen LogP contribution is 2.24. The summed E-state index contributed by atoms with van der Waals surface area (Å²) in [6, 6.07) is 23.5. The quantitative estimate of drug-likeness (QED) is 0.401. The van der Waals surface area contributed by atoms with Crippen molar-refractivity contribution in [3.05, 3.63) is 95.1 Å². The molecule has 176 valence electrons. The van der Waals surface area contributed by atoms with Gasteiger partial charge in [-0.15, -0.1) is 11.8 Å². The number of rotatable bonds is 7. The van der Waals surface area contributed by atoms with Crippen molar-refractivity contribution < 1.29 is 19.1 Å². The zero-order chi connectivity index (χ0) is 24.6. The first-order chi connectivity index (χ1) is 17.0. The lowest BCUT2D eigenvalue weighted by Crippen LogP contribution is -2.38. The Balaban J connectivity index is 1.31. The van der Waals surface area contributed by atoms with E-state index >= 15 is 0 Å². The molecule has 35 heavy (non-hydrogen) atoms. The number of hydrogen-bond donors (Lipinski definition) is 1. The molecule has 0 saturated carbocycles. The number of nitrogens with zero attached hydrogens (tertiary/aromatic N) is 2. The minimum absolute atomic E-state index is 0.0627. The average molecular weight is 486 g/mol. The Hall–Kier alpha value is -4.09. The van der Waals surface area contributed by atoms with Gasteiger partial charge in [0.1, 0.15) is 0 Å². The third kappa shape index (κ3) is 6.28. The lowest BCUT2D eigenvalue weighted by Gasteiger charge is -2.28. The van der Waals surface area contributed by atoms with E-state index in [9.17, 15) is 14.4 Å². The van der Waals surface area contributed by atoms with Crippen LogP contribution in [0.5, 0.6) is 0 Å². The standard InChI is InChI=1S/C27H23N3O4S/c28-15-19-6-5-9-22(14-19)29-25(31)18-35-24-11-4-3-10-23(24)27(33)34-17-26(32)30-13-12-20-7-1-2-8-21(20)16-30/h1-11,14H,12-13,16-18H2,(H,29,31). The Bertz CT molecular complexity index is 1300. The maximum absolute atomic E-state index is 12.7. The fourth-order valence-electron chi connectivity index (χ4n) is 3.77. The van der Waals surface area contributed by atoms with E-state index in [0.29, 0.717) is 34.8 Å². The van der Waals surface area contributed by atoms with Crippen LogP contribution in [0.25, 0.3) is 0 Å². The molecule has 4 rings (SSSR count). The number of ether oxygens (including phenoxy) is 1. The van der Waals surface area contributed by atoms with Gasteiger partial charge in [0.15, 0.2) is 6.61 Å². The summed E-state index contributed by atoms with van der Waals surface area (Å²) in [5, 5.41) is 11.7. The van der Waals surface area contributed by atoms with E-state index in [1.54, 1.807) is 53.4 Å². The monoisotopic (exact) mass is 485 g/mol. The van der Waals surface area contributed by atoms with Crippen molar-refractivity contribution >= 4 is 35.2 Å². The molecule has 3 aromatic rings. The second kappa shape index (κ2) is 11.4.